The van der Waals surface area contributed by atoms with Crippen LogP contribution in [0.1, 0.15) is 47.8 Å². The SMILES string of the molecule is Oc1ccc2c3c1O[C@H]1c4[nH]ccc4C[C@@]4(O)[C@@H](C2)N(CC2CC2)CC[C@]314. The Morgan fingerprint density at radius 2 is 2.11 bits per heavy atom. The van der Waals surface area contributed by atoms with Gasteiger partial charge in [-0.1, -0.05) is 6.07 Å². The quantitative estimate of drug-likeness (QED) is 0.766. The molecule has 5 nitrogen and oxygen atoms in total. The first kappa shape index (κ1) is 15.0. The highest BCUT2D eigenvalue weighted by Gasteiger charge is 2.72. The molecule has 0 amide bonds. The van der Waals surface area contributed by atoms with E-state index in [1.165, 1.54) is 18.4 Å². The van der Waals surface area contributed by atoms with Crippen LogP contribution >= 0.6 is 0 Å². The van der Waals surface area contributed by atoms with E-state index in [1.54, 1.807) is 6.07 Å². The van der Waals surface area contributed by atoms with Crippen molar-refractivity contribution in [3.8, 4) is 11.5 Å². The molecule has 1 aromatic heterocycles. The zero-order chi connectivity index (χ0) is 18.0. The second-order valence-corrected chi connectivity index (χ2v) is 9.34. The van der Waals surface area contributed by atoms with Crippen molar-refractivity contribution >= 4 is 0 Å². The van der Waals surface area contributed by atoms with Crippen LogP contribution in [0.5, 0.6) is 11.5 Å². The van der Waals surface area contributed by atoms with Crippen molar-refractivity contribution in [3.05, 3.63) is 46.8 Å². The molecule has 2 aromatic rings. The number of hydrogen-bond acceptors (Lipinski definition) is 4. The average molecular weight is 364 g/mol. The van der Waals surface area contributed by atoms with Gasteiger partial charge < -0.3 is 19.9 Å². The molecule has 3 aliphatic carbocycles. The highest BCUT2D eigenvalue weighted by molar-refractivity contribution is 5.64. The van der Waals surface area contributed by atoms with Gasteiger partial charge in [-0.3, -0.25) is 4.90 Å². The molecule has 5 heteroatoms. The van der Waals surface area contributed by atoms with Gasteiger partial charge in [-0.15, -0.1) is 0 Å². The standard InChI is InChI=1S/C22H24N2O3/c25-15-4-3-13-9-16-22(26)10-14-5-7-23-18(14)20-21(22,17(13)19(15)27-20)6-8-24(16)11-12-1-2-12/h3-5,7,12,16,20,23,25-26H,1-2,6,8-11H2/t16-,20+,21+,22-/m1/s1. The summed E-state index contributed by atoms with van der Waals surface area (Å²) in [5, 5.41) is 22.9. The molecule has 3 N–H and O–H groups in total. The summed E-state index contributed by atoms with van der Waals surface area (Å²) in [7, 11) is 0. The fraction of sp³-hybridized carbons (Fsp3) is 0.545. The van der Waals surface area contributed by atoms with Gasteiger partial charge in [0.25, 0.3) is 0 Å². The molecule has 1 saturated heterocycles. The number of phenols is 1. The normalized spacial score (nSPS) is 38.3. The van der Waals surface area contributed by atoms with Crippen molar-refractivity contribution in [3.63, 3.8) is 0 Å². The van der Waals surface area contributed by atoms with E-state index in [0.717, 1.165) is 48.7 Å². The molecular weight excluding hydrogens is 340 g/mol. The van der Waals surface area contributed by atoms with E-state index >= 15 is 0 Å². The van der Waals surface area contributed by atoms with Gasteiger partial charge >= 0.3 is 0 Å². The topological polar surface area (TPSA) is 68.7 Å². The maximum atomic E-state index is 12.4. The Hall–Kier alpha value is -1.98. The number of phenolic OH excluding ortho intramolecular Hbond substituents is 1. The molecular formula is C22H24N2O3. The molecule has 0 radical (unpaired) electrons. The maximum Gasteiger partial charge on any atom is 0.166 e. The van der Waals surface area contributed by atoms with Crippen molar-refractivity contribution in [2.24, 2.45) is 5.92 Å². The molecule has 27 heavy (non-hydrogen) atoms. The molecule has 2 fully saturated rings. The van der Waals surface area contributed by atoms with Crippen molar-refractivity contribution in [1.82, 2.24) is 9.88 Å². The molecule has 7 rings (SSSR count). The second-order valence-electron chi connectivity index (χ2n) is 9.34. The van der Waals surface area contributed by atoms with Gasteiger partial charge in [0.1, 0.15) is 0 Å². The molecule has 5 aliphatic rings. The number of nitrogens with zero attached hydrogens (tertiary/aromatic N) is 1. The Morgan fingerprint density at radius 3 is 2.96 bits per heavy atom. The van der Waals surface area contributed by atoms with Crippen molar-refractivity contribution in [1.29, 1.82) is 0 Å². The number of hydrogen-bond donors (Lipinski definition) is 3. The van der Waals surface area contributed by atoms with Crippen molar-refractivity contribution < 1.29 is 14.9 Å². The Bertz CT molecular complexity index is 980. The Morgan fingerprint density at radius 1 is 1.22 bits per heavy atom. The molecule has 0 unspecified atom stereocenters. The number of rotatable bonds is 2. The van der Waals surface area contributed by atoms with Crippen LogP contribution in [0.3, 0.4) is 0 Å². The number of nitrogens with one attached hydrogen (secondary N) is 1. The number of benzene rings is 1. The number of piperidine rings is 1. The van der Waals surface area contributed by atoms with Gasteiger partial charge in [0.05, 0.1) is 16.7 Å². The van der Waals surface area contributed by atoms with E-state index in [-0.39, 0.29) is 17.9 Å². The van der Waals surface area contributed by atoms with E-state index < -0.39 is 11.0 Å². The molecule has 1 saturated carbocycles. The van der Waals surface area contributed by atoms with Crippen LogP contribution in [-0.4, -0.2) is 44.8 Å². The molecule has 3 heterocycles. The van der Waals surface area contributed by atoms with E-state index in [9.17, 15) is 10.2 Å². The van der Waals surface area contributed by atoms with Crippen LogP contribution < -0.4 is 4.74 Å². The summed E-state index contributed by atoms with van der Waals surface area (Å²) >= 11 is 0. The lowest BCUT2D eigenvalue weighted by atomic mass is 9.49. The summed E-state index contributed by atoms with van der Waals surface area (Å²) in [6, 6.07) is 6.02. The zero-order valence-corrected chi connectivity index (χ0v) is 15.2. The minimum atomic E-state index is -0.855. The Balaban J connectivity index is 1.50. The fourth-order valence-electron chi connectivity index (χ4n) is 6.77. The van der Waals surface area contributed by atoms with Crippen molar-refractivity contribution in [2.75, 3.05) is 13.1 Å². The van der Waals surface area contributed by atoms with E-state index in [1.807, 2.05) is 6.20 Å². The molecule has 2 aliphatic heterocycles. The summed E-state index contributed by atoms with van der Waals surface area (Å²) in [4.78, 5) is 5.95. The zero-order valence-electron chi connectivity index (χ0n) is 15.2. The van der Waals surface area contributed by atoms with Gasteiger partial charge in [0, 0.05) is 30.8 Å². The number of aliphatic hydroxyl groups is 1. The number of likely N-dealkylation sites (tertiary alicyclic amines) is 1. The third-order valence-electron chi connectivity index (χ3n) is 8.10. The predicted molar refractivity (Wildman–Crippen MR) is 99.0 cm³/mol. The summed E-state index contributed by atoms with van der Waals surface area (Å²) in [6.45, 7) is 2.10. The largest absolute Gasteiger partial charge is 0.504 e. The molecule has 1 spiro atoms. The predicted octanol–water partition coefficient (Wildman–Crippen LogP) is 2.42. The second kappa shape index (κ2) is 4.53. The van der Waals surface area contributed by atoms with Gasteiger partial charge in [0.15, 0.2) is 17.6 Å². The lowest BCUT2D eigenvalue weighted by Crippen LogP contribution is -2.74. The molecule has 2 bridgehead atoms. The molecule has 4 atom stereocenters. The number of fused-ring (bicyclic) bond motifs is 2. The summed E-state index contributed by atoms with van der Waals surface area (Å²) < 4.78 is 6.43. The van der Waals surface area contributed by atoms with E-state index in [0.29, 0.717) is 12.2 Å². The third kappa shape index (κ3) is 1.57. The van der Waals surface area contributed by atoms with Crippen LogP contribution in [0.2, 0.25) is 0 Å². The first-order valence-corrected chi connectivity index (χ1v) is 10.3. The summed E-state index contributed by atoms with van der Waals surface area (Å²) in [5.41, 5.74) is 3.25. The van der Waals surface area contributed by atoms with Crippen LogP contribution in [0, 0.1) is 5.92 Å². The van der Waals surface area contributed by atoms with E-state index in [2.05, 4.69) is 22.0 Å². The number of aromatic nitrogens is 1. The van der Waals surface area contributed by atoms with Gasteiger partial charge in [-0.05, 0) is 61.4 Å². The Labute approximate surface area is 158 Å². The van der Waals surface area contributed by atoms with Gasteiger partial charge in [0.2, 0.25) is 0 Å². The van der Waals surface area contributed by atoms with Crippen LogP contribution in [0.4, 0.5) is 0 Å². The monoisotopic (exact) mass is 364 g/mol. The van der Waals surface area contributed by atoms with E-state index in [4.69, 9.17) is 4.74 Å². The first-order valence-electron chi connectivity index (χ1n) is 10.3. The summed E-state index contributed by atoms with van der Waals surface area (Å²) in [5.74, 6) is 1.61. The number of ether oxygens (including phenoxy) is 1. The minimum Gasteiger partial charge on any atom is -0.504 e. The van der Waals surface area contributed by atoms with Gasteiger partial charge in [-0.25, -0.2) is 0 Å². The van der Waals surface area contributed by atoms with Crippen molar-refractivity contribution in [2.45, 2.75) is 55.3 Å². The van der Waals surface area contributed by atoms with Crippen LogP contribution in [0.15, 0.2) is 24.4 Å². The minimum absolute atomic E-state index is 0.115. The smallest absolute Gasteiger partial charge is 0.166 e. The van der Waals surface area contributed by atoms with Crippen LogP contribution in [0.25, 0.3) is 0 Å². The highest BCUT2D eigenvalue weighted by Crippen LogP contribution is 2.68. The maximum absolute atomic E-state index is 12.4. The average Bonchev–Trinajstić information content (AvgIpc) is 3.21. The lowest BCUT2D eigenvalue weighted by Gasteiger charge is -2.62. The van der Waals surface area contributed by atoms with Gasteiger partial charge in [-0.2, -0.15) is 0 Å². The van der Waals surface area contributed by atoms with Crippen LogP contribution in [-0.2, 0) is 18.3 Å². The number of H-pyrrole nitrogens is 1. The highest BCUT2D eigenvalue weighted by atomic mass is 16.5. The third-order valence-corrected chi connectivity index (χ3v) is 8.10. The fourth-order valence-corrected chi connectivity index (χ4v) is 6.77. The lowest BCUT2D eigenvalue weighted by molar-refractivity contribution is -0.173. The first-order chi connectivity index (χ1) is 13.1. The number of aromatic amines is 1. The molecule has 140 valence electrons. The Kier molecular flexibility index (Phi) is 2.52. The summed E-state index contributed by atoms with van der Waals surface area (Å²) in [6.07, 6.45) is 6.74. The molecule has 1 aromatic carbocycles. The number of aromatic hydroxyl groups is 1.